The number of rotatable bonds is 2. The molecule has 1 fully saturated rings. The molecule has 0 unspecified atom stereocenters. The molecule has 2 N–H and O–H groups in total. The summed E-state index contributed by atoms with van der Waals surface area (Å²) in [5, 5.41) is 3.92. The van der Waals surface area contributed by atoms with Gasteiger partial charge in [0.15, 0.2) is 0 Å². The molecule has 1 aliphatic rings. The molecule has 1 saturated carbocycles. The van der Waals surface area contributed by atoms with Crippen molar-refractivity contribution in [3.63, 3.8) is 0 Å². The Hall–Kier alpha value is -1.84. The zero-order valence-corrected chi connectivity index (χ0v) is 9.95. The van der Waals surface area contributed by atoms with Gasteiger partial charge in [-0.2, -0.15) is 0 Å². The Kier molecular flexibility index (Phi) is 2.02. The van der Waals surface area contributed by atoms with Crippen LogP contribution in [0.25, 0.3) is 11.0 Å². The number of nitrogens with zero attached hydrogens (tertiary/aromatic N) is 1. The topological polar surface area (TPSA) is 57.8 Å². The SMILES string of the molecule is CC1(C)C[C@@H]1C(=O)Nc1ccc2cc[nH]c2n1. The summed E-state index contributed by atoms with van der Waals surface area (Å²) in [5.41, 5.74) is 0.957. The zero-order valence-electron chi connectivity index (χ0n) is 9.95. The maximum Gasteiger partial charge on any atom is 0.229 e. The van der Waals surface area contributed by atoms with E-state index in [2.05, 4.69) is 29.1 Å². The number of fused-ring (bicyclic) bond motifs is 1. The molecule has 1 atom stereocenters. The minimum absolute atomic E-state index is 0.0772. The Labute approximate surface area is 99.4 Å². The van der Waals surface area contributed by atoms with E-state index in [0.29, 0.717) is 5.82 Å². The quantitative estimate of drug-likeness (QED) is 0.831. The molecule has 0 aromatic carbocycles. The molecule has 1 amide bonds. The van der Waals surface area contributed by atoms with Gasteiger partial charge in [-0.1, -0.05) is 13.8 Å². The highest BCUT2D eigenvalue weighted by Gasteiger charge is 2.50. The first-order valence-corrected chi connectivity index (χ1v) is 5.81. The number of carbonyl (C=O) groups is 1. The van der Waals surface area contributed by atoms with Crippen molar-refractivity contribution in [2.24, 2.45) is 11.3 Å². The molecule has 0 bridgehead atoms. The lowest BCUT2D eigenvalue weighted by Crippen LogP contribution is -2.17. The van der Waals surface area contributed by atoms with Crippen molar-refractivity contribution in [2.45, 2.75) is 20.3 Å². The Morgan fingerprint density at radius 2 is 2.24 bits per heavy atom. The van der Waals surface area contributed by atoms with Gasteiger partial charge in [0.2, 0.25) is 5.91 Å². The van der Waals surface area contributed by atoms with E-state index in [0.717, 1.165) is 17.5 Å². The fourth-order valence-corrected chi connectivity index (χ4v) is 2.13. The highest BCUT2D eigenvalue weighted by atomic mass is 16.2. The maximum absolute atomic E-state index is 11.9. The highest BCUT2D eigenvalue weighted by Crippen LogP contribution is 2.51. The van der Waals surface area contributed by atoms with Gasteiger partial charge in [-0.3, -0.25) is 4.79 Å². The molecule has 2 aromatic rings. The molecule has 0 radical (unpaired) electrons. The molecule has 17 heavy (non-hydrogen) atoms. The van der Waals surface area contributed by atoms with Gasteiger partial charge in [0.1, 0.15) is 11.5 Å². The van der Waals surface area contributed by atoms with Gasteiger partial charge >= 0.3 is 0 Å². The van der Waals surface area contributed by atoms with Gasteiger partial charge in [0, 0.05) is 17.5 Å². The normalized spacial score (nSPS) is 21.4. The Morgan fingerprint density at radius 3 is 2.94 bits per heavy atom. The van der Waals surface area contributed by atoms with E-state index < -0.39 is 0 Å². The molecule has 1 aliphatic carbocycles. The number of anilines is 1. The van der Waals surface area contributed by atoms with Crippen molar-refractivity contribution in [2.75, 3.05) is 5.32 Å². The third kappa shape index (κ3) is 1.79. The van der Waals surface area contributed by atoms with Crippen LogP contribution in [-0.4, -0.2) is 15.9 Å². The number of aromatic nitrogens is 2. The summed E-state index contributed by atoms with van der Waals surface area (Å²) in [6.07, 6.45) is 2.80. The van der Waals surface area contributed by atoms with Crippen molar-refractivity contribution in [1.29, 1.82) is 0 Å². The van der Waals surface area contributed by atoms with Crippen molar-refractivity contribution in [3.8, 4) is 0 Å². The summed E-state index contributed by atoms with van der Waals surface area (Å²) >= 11 is 0. The Balaban J connectivity index is 1.78. The van der Waals surface area contributed by atoms with Crippen molar-refractivity contribution in [1.82, 2.24) is 9.97 Å². The van der Waals surface area contributed by atoms with Gasteiger partial charge < -0.3 is 10.3 Å². The molecular formula is C13H15N3O. The van der Waals surface area contributed by atoms with Crippen LogP contribution in [0.3, 0.4) is 0 Å². The van der Waals surface area contributed by atoms with E-state index in [-0.39, 0.29) is 17.2 Å². The van der Waals surface area contributed by atoms with Crippen LogP contribution in [-0.2, 0) is 4.79 Å². The molecule has 88 valence electrons. The van der Waals surface area contributed by atoms with E-state index in [9.17, 15) is 4.79 Å². The van der Waals surface area contributed by atoms with E-state index in [1.807, 2.05) is 24.4 Å². The van der Waals surface area contributed by atoms with E-state index in [1.54, 1.807) is 0 Å². The van der Waals surface area contributed by atoms with Gasteiger partial charge in [0.25, 0.3) is 0 Å². The summed E-state index contributed by atoms with van der Waals surface area (Å²) < 4.78 is 0. The predicted octanol–water partition coefficient (Wildman–Crippen LogP) is 2.55. The van der Waals surface area contributed by atoms with Gasteiger partial charge in [-0.25, -0.2) is 4.98 Å². The molecule has 2 aromatic heterocycles. The lowest BCUT2D eigenvalue weighted by Gasteiger charge is -2.05. The third-order valence-electron chi connectivity index (χ3n) is 3.49. The highest BCUT2D eigenvalue weighted by molar-refractivity contribution is 5.95. The molecule has 3 rings (SSSR count). The monoisotopic (exact) mass is 229 g/mol. The Bertz CT molecular complexity index is 585. The van der Waals surface area contributed by atoms with Crippen molar-refractivity contribution in [3.05, 3.63) is 24.4 Å². The first-order chi connectivity index (χ1) is 8.06. The Morgan fingerprint density at radius 1 is 1.47 bits per heavy atom. The second-order valence-corrected chi connectivity index (χ2v) is 5.35. The largest absolute Gasteiger partial charge is 0.346 e. The lowest BCUT2D eigenvalue weighted by atomic mass is 10.1. The summed E-state index contributed by atoms with van der Waals surface area (Å²) in [7, 11) is 0. The van der Waals surface area contributed by atoms with E-state index >= 15 is 0 Å². The molecule has 2 heterocycles. The molecule has 0 aliphatic heterocycles. The zero-order chi connectivity index (χ0) is 12.0. The van der Waals surface area contributed by atoms with Crippen LogP contribution >= 0.6 is 0 Å². The van der Waals surface area contributed by atoms with Crippen molar-refractivity contribution >= 4 is 22.8 Å². The van der Waals surface area contributed by atoms with E-state index in [4.69, 9.17) is 0 Å². The maximum atomic E-state index is 11.9. The average molecular weight is 229 g/mol. The van der Waals surface area contributed by atoms with Crippen LogP contribution in [0.5, 0.6) is 0 Å². The lowest BCUT2D eigenvalue weighted by molar-refractivity contribution is -0.118. The van der Waals surface area contributed by atoms with Crippen LogP contribution in [0.4, 0.5) is 5.82 Å². The summed E-state index contributed by atoms with van der Waals surface area (Å²) in [5.74, 6) is 0.824. The standard InChI is InChI=1S/C13H15N3O/c1-13(2)7-9(13)12(17)16-10-4-3-8-5-6-14-11(8)15-10/h3-6,9H,7H2,1-2H3,(H2,14,15,16,17)/t9-/m1/s1. The summed E-state index contributed by atoms with van der Waals surface area (Å²) in [6.45, 7) is 4.22. The number of hydrogen-bond acceptors (Lipinski definition) is 2. The molecule has 4 heteroatoms. The number of carbonyl (C=O) groups excluding carboxylic acids is 1. The first kappa shape index (κ1) is 10.3. The van der Waals surface area contributed by atoms with Crippen LogP contribution in [0.15, 0.2) is 24.4 Å². The second kappa shape index (κ2) is 3.32. The number of hydrogen-bond donors (Lipinski definition) is 2. The minimum atomic E-state index is 0.0772. The predicted molar refractivity (Wildman–Crippen MR) is 66.6 cm³/mol. The second-order valence-electron chi connectivity index (χ2n) is 5.35. The summed E-state index contributed by atoms with van der Waals surface area (Å²) in [4.78, 5) is 19.3. The molecule has 4 nitrogen and oxygen atoms in total. The van der Waals surface area contributed by atoms with E-state index in [1.165, 1.54) is 0 Å². The number of pyridine rings is 1. The number of H-pyrrole nitrogens is 1. The first-order valence-electron chi connectivity index (χ1n) is 5.81. The molecule has 0 spiro atoms. The fraction of sp³-hybridized carbons (Fsp3) is 0.385. The van der Waals surface area contributed by atoms with Crippen LogP contribution in [0.2, 0.25) is 0 Å². The molecular weight excluding hydrogens is 214 g/mol. The van der Waals surface area contributed by atoms with Gasteiger partial charge in [0.05, 0.1) is 0 Å². The molecule has 0 saturated heterocycles. The van der Waals surface area contributed by atoms with Gasteiger partial charge in [-0.15, -0.1) is 0 Å². The number of amides is 1. The van der Waals surface area contributed by atoms with Crippen LogP contribution in [0, 0.1) is 11.3 Å². The number of nitrogens with one attached hydrogen (secondary N) is 2. The average Bonchev–Trinajstić information content (AvgIpc) is 2.73. The third-order valence-corrected chi connectivity index (χ3v) is 3.49. The van der Waals surface area contributed by atoms with Crippen molar-refractivity contribution < 1.29 is 4.79 Å². The summed E-state index contributed by atoms with van der Waals surface area (Å²) in [6, 6.07) is 5.74. The van der Waals surface area contributed by atoms with Crippen LogP contribution < -0.4 is 5.32 Å². The fourth-order valence-electron chi connectivity index (χ4n) is 2.13. The number of aromatic amines is 1. The minimum Gasteiger partial charge on any atom is -0.346 e. The smallest absolute Gasteiger partial charge is 0.229 e. The van der Waals surface area contributed by atoms with Gasteiger partial charge in [-0.05, 0) is 30.0 Å². The van der Waals surface area contributed by atoms with Crippen LogP contribution in [0.1, 0.15) is 20.3 Å².